The van der Waals surface area contributed by atoms with Gasteiger partial charge >= 0.3 is 7.82 Å². The van der Waals surface area contributed by atoms with E-state index in [0.717, 1.165) is 12.1 Å². The molecule has 6 N–H and O–H groups in total. The SMILES string of the molecule is NNc1ccc(F)cc1F.O=P(O)(O)O. The number of nitrogens with two attached hydrogens (primary N) is 1. The van der Waals surface area contributed by atoms with Gasteiger partial charge in [-0.2, -0.15) is 0 Å². The van der Waals surface area contributed by atoms with Gasteiger partial charge in [0.05, 0.1) is 5.69 Å². The second-order valence-electron chi connectivity index (χ2n) is 2.28. The Bertz CT molecular complexity index is 362. The van der Waals surface area contributed by atoms with Crippen LogP contribution < -0.4 is 11.3 Å². The first-order chi connectivity index (χ1) is 6.74. The zero-order valence-electron chi connectivity index (χ0n) is 7.26. The van der Waals surface area contributed by atoms with Crippen molar-refractivity contribution in [2.75, 3.05) is 5.43 Å². The highest BCUT2D eigenvalue weighted by Crippen LogP contribution is 2.25. The van der Waals surface area contributed by atoms with E-state index in [1.807, 2.05) is 0 Å². The summed E-state index contributed by atoms with van der Waals surface area (Å²) < 4.78 is 33.5. The third-order valence-electron chi connectivity index (χ3n) is 1.09. The molecule has 9 heteroatoms. The van der Waals surface area contributed by atoms with Gasteiger partial charge in [0.2, 0.25) is 0 Å². The fourth-order valence-electron chi connectivity index (χ4n) is 0.607. The van der Waals surface area contributed by atoms with Gasteiger partial charge in [0.25, 0.3) is 0 Å². The molecule has 0 aliphatic heterocycles. The summed E-state index contributed by atoms with van der Waals surface area (Å²) in [6.45, 7) is 0. The van der Waals surface area contributed by atoms with Crippen LogP contribution in [0.5, 0.6) is 0 Å². The van der Waals surface area contributed by atoms with Crippen LogP contribution in [0.25, 0.3) is 0 Å². The zero-order chi connectivity index (χ0) is 12.1. The van der Waals surface area contributed by atoms with Crippen molar-refractivity contribution in [3.8, 4) is 0 Å². The van der Waals surface area contributed by atoms with Gasteiger partial charge in [0, 0.05) is 6.07 Å². The van der Waals surface area contributed by atoms with E-state index >= 15 is 0 Å². The van der Waals surface area contributed by atoms with Crippen LogP contribution in [0.1, 0.15) is 0 Å². The molecular formula is C6H9F2N2O4P. The number of phosphoric acid groups is 1. The molecule has 0 radical (unpaired) electrons. The van der Waals surface area contributed by atoms with E-state index in [1.165, 1.54) is 6.07 Å². The molecule has 6 nitrogen and oxygen atoms in total. The standard InChI is InChI=1S/C6H6F2N2.H3O4P/c7-4-1-2-6(10-9)5(8)3-4;1-5(2,3)4/h1-3,10H,9H2;(H3,1,2,3,4). The van der Waals surface area contributed by atoms with Crippen molar-refractivity contribution in [2.24, 2.45) is 5.84 Å². The predicted molar refractivity (Wildman–Crippen MR) is 48.4 cm³/mol. The average Bonchev–Trinajstić information content (AvgIpc) is 2.01. The minimum absolute atomic E-state index is 0.0846. The Morgan fingerprint density at radius 2 is 1.73 bits per heavy atom. The van der Waals surface area contributed by atoms with Crippen LogP contribution in [0, 0.1) is 11.6 Å². The van der Waals surface area contributed by atoms with E-state index in [1.54, 1.807) is 0 Å². The summed E-state index contributed by atoms with van der Waals surface area (Å²) in [5, 5.41) is 0. The molecular weight excluding hydrogens is 233 g/mol. The Hall–Kier alpha value is -1.05. The molecule has 0 amide bonds. The van der Waals surface area contributed by atoms with Gasteiger partial charge in [0.15, 0.2) is 5.82 Å². The molecule has 0 aromatic heterocycles. The van der Waals surface area contributed by atoms with Crippen LogP contribution in [0.4, 0.5) is 14.5 Å². The van der Waals surface area contributed by atoms with Crippen molar-refractivity contribution >= 4 is 13.5 Å². The van der Waals surface area contributed by atoms with Crippen LogP contribution in [0.3, 0.4) is 0 Å². The van der Waals surface area contributed by atoms with Crippen LogP contribution in [-0.2, 0) is 4.57 Å². The maximum atomic E-state index is 12.5. The fraction of sp³-hybridized carbons (Fsp3) is 0. The third kappa shape index (κ3) is 7.98. The van der Waals surface area contributed by atoms with E-state index in [9.17, 15) is 8.78 Å². The lowest BCUT2D eigenvalue weighted by molar-refractivity contribution is 0.275. The minimum atomic E-state index is -4.64. The monoisotopic (exact) mass is 242 g/mol. The van der Waals surface area contributed by atoms with Gasteiger partial charge in [-0.15, -0.1) is 0 Å². The van der Waals surface area contributed by atoms with E-state index in [4.69, 9.17) is 25.1 Å². The highest BCUT2D eigenvalue weighted by Gasteiger charge is 2.00. The van der Waals surface area contributed by atoms with Gasteiger partial charge in [0.1, 0.15) is 5.82 Å². The number of hydrazine groups is 1. The molecule has 0 fully saturated rings. The smallest absolute Gasteiger partial charge is 0.321 e. The summed E-state index contributed by atoms with van der Waals surface area (Å²) in [6, 6.07) is 3.11. The lowest BCUT2D eigenvalue weighted by Crippen LogP contribution is -2.08. The van der Waals surface area contributed by atoms with Crippen molar-refractivity contribution < 1.29 is 28.0 Å². The second kappa shape index (κ2) is 5.74. The second-order valence-corrected chi connectivity index (χ2v) is 3.31. The van der Waals surface area contributed by atoms with Crippen molar-refractivity contribution in [1.82, 2.24) is 0 Å². The van der Waals surface area contributed by atoms with E-state index in [2.05, 4.69) is 5.43 Å². The molecule has 0 bridgehead atoms. The maximum Gasteiger partial charge on any atom is 0.466 e. The van der Waals surface area contributed by atoms with Crippen LogP contribution in [0.15, 0.2) is 18.2 Å². The maximum absolute atomic E-state index is 12.5. The number of halogens is 2. The highest BCUT2D eigenvalue weighted by molar-refractivity contribution is 7.45. The first-order valence-electron chi connectivity index (χ1n) is 3.44. The van der Waals surface area contributed by atoms with Gasteiger partial charge in [-0.25, -0.2) is 13.3 Å². The van der Waals surface area contributed by atoms with Crippen LogP contribution >= 0.6 is 7.82 Å². The molecule has 0 unspecified atom stereocenters. The third-order valence-corrected chi connectivity index (χ3v) is 1.09. The lowest BCUT2D eigenvalue weighted by atomic mass is 10.3. The van der Waals surface area contributed by atoms with Crippen molar-refractivity contribution in [1.29, 1.82) is 0 Å². The first kappa shape index (κ1) is 13.9. The fourth-order valence-corrected chi connectivity index (χ4v) is 0.607. The molecule has 0 atom stereocenters. The zero-order valence-corrected chi connectivity index (χ0v) is 8.16. The molecule has 1 aromatic rings. The van der Waals surface area contributed by atoms with Crippen LogP contribution in [-0.4, -0.2) is 14.7 Å². The summed E-state index contributed by atoms with van der Waals surface area (Å²) in [5.41, 5.74) is 2.17. The molecule has 0 saturated heterocycles. The molecule has 0 aliphatic rings. The molecule has 0 spiro atoms. The summed E-state index contributed by atoms with van der Waals surface area (Å²) in [5.74, 6) is 3.58. The molecule has 0 aliphatic carbocycles. The number of rotatable bonds is 1. The molecule has 15 heavy (non-hydrogen) atoms. The van der Waals surface area contributed by atoms with Crippen molar-refractivity contribution in [3.05, 3.63) is 29.8 Å². The lowest BCUT2D eigenvalue weighted by Gasteiger charge is -1.99. The normalized spacial score (nSPS) is 10.3. The summed E-state index contributed by atoms with van der Waals surface area (Å²) >= 11 is 0. The Kier molecular flexibility index (Phi) is 5.34. The minimum Gasteiger partial charge on any atom is -0.321 e. The van der Waals surface area contributed by atoms with Gasteiger partial charge in [-0.3, -0.25) is 5.84 Å². The number of nitrogen functional groups attached to an aromatic ring is 1. The number of benzene rings is 1. The topological polar surface area (TPSA) is 116 Å². The molecule has 0 heterocycles. The predicted octanol–water partition coefficient (Wildman–Crippen LogP) is 0.322. The summed E-state index contributed by atoms with van der Waals surface area (Å²) in [4.78, 5) is 21.6. The Balaban J connectivity index is 0.000000336. The molecule has 0 saturated carbocycles. The highest BCUT2D eigenvalue weighted by atomic mass is 31.2. The average molecular weight is 242 g/mol. The van der Waals surface area contributed by atoms with E-state index in [0.29, 0.717) is 0 Å². The van der Waals surface area contributed by atoms with Crippen molar-refractivity contribution in [2.45, 2.75) is 0 Å². The first-order valence-corrected chi connectivity index (χ1v) is 5.00. The number of nitrogens with one attached hydrogen (secondary N) is 1. The number of hydrogen-bond acceptors (Lipinski definition) is 3. The summed E-state index contributed by atoms with van der Waals surface area (Å²) in [6.07, 6.45) is 0. The van der Waals surface area contributed by atoms with E-state index < -0.39 is 19.5 Å². The summed E-state index contributed by atoms with van der Waals surface area (Å²) in [7, 11) is -4.64. The Labute approximate surface area is 83.6 Å². The van der Waals surface area contributed by atoms with Gasteiger partial charge in [-0.05, 0) is 12.1 Å². The Morgan fingerprint density at radius 3 is 2.07 bits per heavy atom. The van der Waals surface area contributed by atoms with Gasteiger partial charge < -0.3 is 20.1 Å². The molecule has 1 aromatic carbocycles. The molecule has 1 rings (SSSR count). The quantitative estimate of drug-likeness (QED) is 0.275. The molecule has 86 valence electrons. The Morgan fingerprint density at radius 1 is 1.27 bits per heavy atom. The van der Waals surface area contributed by atoms with E-state index in [-0.39, 0.29) is 5.69 Å². The number of anilines is 1. The van der Waals surface area contributed by atoms with Crippen molar-refractivity contribution in [3.63, 3.8) is 0 Å². The largest absolute Gasteiger partial charge is 0.466 e. The van der Waals surface area contributed by atoms with Crippen LogP contribution in [0.2, 0.25) is 0 Å². The van der Waals surface area contributed by atoms with Gasteiger partial charge in [-0.1, -0.05) is 0 Å². The number of hydrogen-bond donors (Lipinski definition) is 5.